The Balaban J connectivity index is 0. The molecule has 0 aromatic carbocycles. The third-order valence-corrected chi connectivity index (χ3v) is 3.18. The molecule has 1 aliphatic rings. The van der Waals surface area contributed by atoms with Crippen LogP contribution >= 0.6 is 15.9 Å². The predicted molar refractivity (Wildman–Crippen MR) is 44.4 cm³/mol. The summed E-state index contributed by atoms with van der Waals surface area (Å²) in [6.07, 6.45) is -1.76. The van der Waals surface area contributed by atoms with Crippen molar-refractivity contribution in [2.75, 3.05) is 0 Å². The van der Waals surface area contributed by atoms with Gasteiger partial charge in [0.1, 0.15) is 11.1 Å². The van der Waals surface area contributed by atoms with E-state index in [0.717, 1.165) is 0 Å². The van der Waals surface area contributed by atoms with E-state index < -0.39 is 12.2 Å². The monoisotopic (exact) mass is 678 g/mol. The molecule has 2 N–H and O–H groups in total. The Labute approximate surface area is 159 Å². The maximum absolute atomic E-state index is 9.43. The maximum Gasteiger partial charge on any atom is 0.118 e. The molecule has 6 heteroatoms. The number of aliphatic hydroxyl groups is 2. The maximum atomic E-state index is 9.43. The zero-order valence-electron chi connectivity index (χ0n) is 7.72. The summed E-state index contributed by atoms with van der Waals surface area (Å²) in [5.74, 6) is -0.0683. The Morgan fingerprint density at radius 1 is 1.08 bits per heavy atom. The summed E-state index contributed by atoms with van der Waals surface area (Å²) in [7, 11) is 0. The van der Waals surface area contributed by atoms with Crippen LogP contribution in [0.3, 0.4) is 0 Å². The quantitative estimate of drug-likeness (QED) is 0.367. The van der Waals surface area contributed by atoms with E-state index in [1.165, 1.54) is 0 Å². The van der Waals surface area contributed by atoms with Gasteiger partial charge in [0.2, 0.25) is 0 Å². The topological polar surface area (TPSA) is 49.7 Å². The molecule has 5 atom stereocenters. The molecule has 3 nitrogen and oxygen atoms in total. The van der Waals surface area contributed by atoms with Crippen LogP contribution in [0.15, 0.2) is 0 Å². The van der Waals surface area contributed by atoms with E-state index in [4.69, 9.17) is 4.74 Å². The first-order valence-electron chi connectivity index (χ1n) is 3.69. The van der Waals surface area contributed by atoms with Crippen molar-refractivity contribution in [3.63, 3.8) is 0 Å². The van der Waals surface area contributed by atoms with Crippen LogP contribution in [0, 0.1) is 94.0 Å². The van der Waals surface area contributed by atoms with Crippen molar-refractivity contribution >= 4 is 15.9 Å². The van der Waals surface area contributed by atoms with Gasteiger partial charge in [0.05, 0.1) is 12.2 Å². The standard InChI is InChI=1S/C7H13BrO3.2Ac/c1-3-5(9)6(10)4(2)11-7(3)8;;/h3-7,9-10H,1-2H3;;/t3-,4+,5+,6+,7?;;/m1../s1. The molecule has 13 heavy (non-hydrogen) atoms. The third-order valence-electron chi connectivity index (χ3n) is 2.13. The molecule has 1 rings (SSSR count). The second-order valence-corrected chi connectivity index (χ2v) is 3.94. The molecule has 0 bridgehead atoms. The van der Waals surface area contributed by atoms with Crippen LogP contribution in [-0.2, 0) is 4.74 Å². The average Bonchev–Trinajstić information content (AvgIpc) is 1.97. The Hall–Kier alpha value is 3.24. The number of ether oxygens (including phenoxy) is 1. The molecular formula is C7H13Ac2BrO3. The summed E-state index contributed by atoms with van der Waals surface area (Å²) in [5, 5.41) is 18.6. The minimum absolute atomic E-state index is 0. The summed E-state index contributed by atoms with van der Waals surface area (Å²) >= 11 is 3.27. The van der Waals surface area contributed by atoms with Crippen LogP contribution in [0.2, 0.25) is 0 Å². The van der Waals surface area contributed by atoms with Crippen molar-refractivity contribution in [2.45, 2.75) is 37.2 Å². The van der Waals surface area contributed by atoms with Gasteiger partial charge in [0.25, 0.3) is 0 Å². The summed E-state index contributed by atoms with van der Waals surface area (Å²) in [6.45, 7) is 3.58. The van der Waals surface area contributed by atoms with E-state index in [0.29, 0.717) is 0 Å². The van der Waals surface area contributed by atoms with E-state index in [-0.39, 0.29) is 105 Å². The van der Waals surface area contributed by atoms with Crippen LogP contribution in [0.4, 0.5) is 0 Å². The fraction of sp³-hybridized carbons (Fsp3) is 1.00. The van der Waals surface area contributed by atoms with E-state index in [2.05, 4.69) is 15.9 Å². The number of hydrogen-bond acceptors (Lipinski definition) is 3. The van der Waals surface area contributed by atoms with E-state index in [1.54, 1.807) is 6.92 Å². The summed E-state index contributed by atoms with van der Waals surface area (Å²) < 4.78 is 5.29. The summed E-state index contributed by atoms with van der Waals surface area (Å²) in [5.41, 5.74) is 0. The van der Waals surface area contributed by atoms with Gasteiger partial charge in [-0.25, -0.2) is 0 Å². The molecule has 0 aromatic rings. The van der Waals surface area contributed by atoms with Crippen LogP contribution in [0.25, 0.3) is 0 Å². The molecule has 0 spiro atoms. The summed E-state index contributed by atoms with van der Waals surface area (Å²) in [4.78, 5) is 0. The first-order chi connectivity index (χ1) is 5.04. The third kappa shape index (κ3) is 4.95. The smallest absolute Gasteiger partial charge is 0.118 e. The molecule has 0 aliphatic carbocycles. The van der Waals surface area contributed by atoms with Crippen molar-refractivity contribution in [3.05, 3.63) is 0 Å². The molecule has 1 unspecified atom stereocenters. The van der Waals surface area contributed by atoms with Gasteiger partial charge in [-0.05, 0) is 6.92 Å². The Bertz CT molecular complexity index is 136. The first-order valence-corrected chi connectivity index (χ1v) is 4.61. The fourth-order valence-electron chi connectivity index (χ4n) is 1.15. The van der Waals surface area contributed by atoms with Gasteiger partial charge < -0.3 is 14.9 Å². The first kappa shape index (κ1) is 18.6. The second-order valence-electron chi connectivity index (χ2n) is 3.03. The fourth-order valence-corrected chi connectivity index (χ4v) is 1.81. The average molecular weight is 679 g/mol. The molecule has 1 heterocycles. The van der Waals surface area contributed by atoms with Crippen molar-refractivity contribution in [1.82, 2.24) is 0 Å². The van der Waals surface area contributed by atoms with Gasteiger partial charge in [-0.2, -0.15) is 0 Å². The van der Waals surface area contributed by atoms with Crippen LogP contribution in [0.5, 0.6) is 0 Å². The van der Waals surface area contributed by atoms with E-state index >= 15 is 0 Å². The zero-order chi connectivity index (χ0) is 8.59. The van der Waals surface area contributed by atoms with Crippen LogP contribution < -0.4 is 0 Å². The van der Waals surface area contributed by atoms with Gasteiger partial charge in [0.15, 0.2) is 0 Å². The minimum atomic E-state index is -0.765. The molecule has 1 saturated heterocycles. The molecule has 0 amide bonds. The molecule has 2 radical (unpaired) electrons. The number of alkyl halides is 1. The number of aliphatic hydroxyl groups excluding tert-OH is 2. The zero-order valence-corrected chi connectivity index (χ0v) is 18.8. The van der Waals surface area contributed by atoms with Gasteiger partial charge in [0, 0.05) is 94.0 Å². The Morgan fingerprint density at radius 3 is 2.00 bits per heavy atom. The summed E-state index contributed by atoms with van der Waals surface area (Å²) in [6, 6.07) is 0. The van der Waals surface area contributed by atoms with E-state index in [9.17, 15) is 10.2 Å². The minimum Gasteiger partial charge on any atom is -0.390 e. The van der Waals surface area contributed by atoms with Crippen molar-refractivity contribution in [1.29, 1.82) is 0 Å². The van der Waals surface area contributed by atoms with E-state index in [1.807, 2.05) is 6.92 Å². The molecule has 0 aromatic heterocycles. The Kier molecular flexibility index (Phi) is 12.0. The molecule has 72 valence electrons. The predicted octanol–water partition coefficient (Wildman–Crippen LogP) is 0.484. The normalized spacial score (nSPS) is 44.5. The van der Waals surface area contributed by atoms with Crippen molar-refractivity contribution < 1.29 is 103 Å². The Morgan fingerprint density at radius 2 is 1.54 bits per heavy atom. The molecule has 1 aliphatic heterocycles. The van der Waals surface area contributed by atoms with Gasteiger partial charge in [-0.15, -0.1) is 0 Å². The number of hydrogen-bond donors (Lipinski definition) is 2. The molecule has 1 fully saturated rings. The number of halogens is 1. The molecule has 0 saturated carbocycles. The molecular weight excluding hydrogens is 666 g/mol. The SMILES string of the molecule is C[C@@H]1OC(Br)[C@H](C)[C@H](O)[C@H]1O.[Ac].[Ac]. The van der Waals surface area contributed by atoms with Gasteiger partial charge in [-0.1, -0.05) is 22.9 Å². The van der Waals surface area contributed by atoms with Gasteiger partial charge in [-0.3, -0.25) is 0 Å². The largest absolute Gasteiger partial charge is 0.390 e. The van der Waals surface area contributed by atoms with Crippen LogP contribution in [0.1, 0.15) is 13.8 Å². The second kappa shape index (κ2) is 8.35. The van der Waals surface area contributed by atoms with Crippen molar-refractivity contribution in [3.8, 4) is 0 Å². The van der Waals surface area contributed by atoms with Gasteiger partial charge >= 0.3 is 0 Å². The number of rotatable bonds is 0. The van der Waals surface area contributed by atoms with Crippen LogP contribution in [-0.4, -0.2) is 33.5 Å². The van der Waals surface area contributed by atoms with Crippen molar-refractivity contribution in [2.24, 2.45) is 5.92 Å².